The van der Waals surface area contributed by atoms with Crippen LogP contribution in [0.2, 0.25) is 0 Å². The molecule has 0 aliphatic rings. The number of thioether (sulfide) groups is 1. The maximum Gasteiger partial charge on any atom is 0.253 e. The summed E-state index contributed by atoms with van der Waals surface area (Å²) < 4.78 is 5.38. The summed E-state index contributed by atoms with van der Waals surface area (Å²) in [6.45, 7) is 6.49. The molecule has 0 aliphatic heterocycles. The van der Waals surface area contributed by atoms with Crippen molar-refractivity contribution < 1.29 is 9.53 Å². The Morgan fingerprint density at radius 1 is 1.21 bits per heavy atom. The third-order valence-electron chi connectivity index (χ3n) is 3.28. The van der Waals surface area contributed by atoms with Crippen LogP contribution in [0.5, 0.6) is 5.75 Å². The number of nitrogens with zero attached hydrogens (tertiary/aromatic N) is 1. The Bertz CT molecular complexity index is 682. The van der Waals surface area contributed by atoms with E-state index in [1.807, 2.05) is 69.3 Å². The molecule has 0 aliphatic carbocycles. The molecule has 0 saturated heterocycles. The van der Waals surface area contributed by atoms with Crippen molar-refractivity contribution in [2.45, 2.75) is 30.9 Å². The van der Waals surface area contributed by atoms with E-state index < -0.39 is 0 Å². The van der Waals surface area contributed by atoms with Gasteiger partial charge in [-0.05, 0) is 62.7 Å². The van der Waals surface area contributed by atoms with Crippen LogP contribution < -0.4 is 10.2 Å². The average Bonchev–Trinajstić information content (AvgIpc) is 2.58. The van der Waals surface area contributed by atoms with Gasteiger partial charge in [0, 0.05) is 4.90 Å². The number of ether oxygens (including phenoxy) is 1. The smallest absolute Gasteiger partial charge is 0.253 e. The van der Waals surface area contributed by atoms with E-state index in [2.05, 4.69) is 10.5 Å². The highest BCUT2D eigenvalue weighted by molar-refractivity contribution is 8.00. The van der Waals surface area contributed by atoms with Gasteiger partial charge in [0.2, 0.25) is 0 Å². The number of carbonyl (C=O) groups is 1. The van der Waals surface area contributed by atoms with Crippen LogP contribution in [0.15, 0.2) is 58.5 Å². The minimum absolute atomic E-state index is 0.122. The predicted octanol–water partition coefficient (Wildman–Crippen LogP) is 4.02. The molecule has 24 heavy (non-hydrogen) atoms. The molecule has 2 aromatic rings. The molecule has 2 aromatic carbocycles. The number of carbonyl (C=O) groups excluding carboxylic acids is 1. The highest BCUT2D eigenvalue weighted by Gasteiger charge is 2.13. The van der Waals surface area contributed by atoms with Crippen molar-refractivity contribution in [1.82, 2.24) is 5.43 Å². The van der Waals surface area contributed by atoms with Crippen molar-refractivity contribution in [3.05, 3.63) is 59.7 Å². The first-order valence-electron chi connectivity index (χ1n) is 7.87. The van der Waals surface area contributed by atoms with Gasteiger partial charge in [0.1, 0.15) is 5.75 Å². The van der Waals surface area contributed by atoms with Crippen molar-refractivity contribution in [3.8, 4) is 5.75 Å². The quantitative estimate of drug-likeness (QED) is 0.470. The van der Waals surface area contributed by atoms with Gasteiger partial charge in [0.15, 0.2) is 0 Å². The molecule has 0 unspecified atom stereocenters. The molecule has 0 heterocycles. The van der Waals surface area contributed by atoms with Crippen LogP contribution in [0.25, 0.3) is 0 Å². The molecule has 4 nitrogen and oxygen atoms in total. The van der Waals surface area contributed by atoms with Gasteiger partial charge in [-0.1, -0.05) is 17.7 Å². The molecule has 2 rings (SSSR count). The summed E-state index contributed by atoms with van der Waals surface area (Å²) in [4.78, 5) is 13.1. The van der Waals surface area contributed by atoms with Gasteiger partial charge >= 0.3 is 0 Å². The highest BCUT2D eigenvalue weighted by atomic mass is 32.2. The first-order valence-corrected chi connectivity index (χ1v) is 8.75. The number of nitrogens with one attached hydrogen (secondary N) is 1. The molecule has 5 heteroatoms. The number of hydrogen-bond donors (Lipinski definition) is 1. The van der Waals surface area contributed by atoms with E-state index in [0.29, 0.717) is 6.61 Å². The number of aryl methyl sites for hydroxylation is 1. The van der Waals surface area contributed by atoms with E-state index >= 15 is 0 Å². The lowest BCUT2D eigenvalue weighted by atomic mass is 10.2. The Morgan fingerprint density at radius 2 is 1.88 bits per heavy atom. The van der Waals surface area contributed by atoms with Gasteiger partial charge in [-0.2, -0.15) is 5.10 Å². The summed E-state index contributed by atoms with van der Waals surface area (Å²) in [7, 11) is 0. The van der Waals surface area contributed by atoms with Gasteiger partial charge in [-0.15, -0.1) is 11.8 Å². The van der Waals surface area contributed by atoms with Crippen molar-refractivity contribution in [1.29, 1.82) is 0 Å². The maximum absolute atomic E-state index is 12.1. The van der Waals surface area contributed by atoms with Crippen molar-refractivity contribution in [3.63, 3.8) is 0 Å². The van der Waals surface area contributed by atoms with Crippen LogP contribution in [-0.2, 0) is 4.79 Å². The predicted molar refractivity (Wildman–Crippen MR) is 99.8 cm³/mol. The van der Waals surface area contributed by atoms with Crippen LogP contribution in [0.4, 0.5) is 0 Å². The molecule has 126 valence electrons. The second-order valence-electron chi connectivity index (χ2n) is 5.31. The van der Waals surface area contributed by atoms with Crippen molar-refractivity contribution in [2.24, 2.45) is 5.10 Å². The fraction of sp³-hybridized carbons (Fsp3) is 0.263. The zero-order valence-electron chi connectivity index (χ0n) is 14.2. The monoisotopic (exact) mass is 342 g/mol. The van der Waals surface area contributed by atoms with E-state index in [1.165, 1.54) is 17.3 Å². The summed E-state index contributed by atoms with van der Waals surface area (Å²) in [5.41, 5.74) is 4.69. The van der Waals surface area contributed by atoms with Gasteiger partial charge in [-0.3, -0.25) is 4.79 Å². The Balaban J connectivity index is 1.83. The SMILES string of the molecule is CCOc1ccc(/C=N\NC(=O)[C@H](C)Sc2ccc(C)cc2)cc1. The molecular formula is C19H22N2O2S. The topological polar surface area (TPSA) is 50.7 Å². The number of hydrazone groups is 1. The Hall–Kier alpha value is -2.27. The molecule has 0 bridgehead atoms. The van der Waals surface area contributed by atoms with Gasteiger partial charge in [0.25, 0.3) is 5.91 Å². The summed E-state index contributed by atoms with van der Waals surface area (Å²) in [5, 5.41) is 3.80. The maximum atomic E-state index is 12.1. The van der Waals surface area contributed by atoms with Gasteiger partial charge in [-0.25, -0.2) is 5.43 Å². The van der Waals surface area contributed by atoms with Crippen LogP contribution in [0.1, 0.15) is 25.0 Å². The fourth-order valence-corrected chi connectivity index (χ4v) is 2.81. The van der Waals surface area contributed by atoms with E-state index in [9.17, 15) is 4.79 Å². The first kappa shape index (κ1) is 18.1. The van der Waals surface area contributed by atoms with E-state index in [-0.39, 0.29) is 11.2 Å². The zero-order valence-corrected chi connectivity index (χ0v) is 15.0. The standard InChI is InChI=1S/C19H22N2O2S/c1-4-23-17-9-7-16(8-10-17)13-20-21-19(22)15(3)24-18-11-5-14(2)6-12-18/h5-13,15H,4H2,1-3H3,(H,21,22)/b20-13-/t15-/m0/s1. The minimum Gasteiger partial charge on any atom is -0.494 e. The summed E-state index contributed by atoms with van der Waals surface area (Å²) >= 11 is 1.51. The van der Waals surface area contributed by atoms with Gasteiger partial charge in [0.05, 0.1) is 18.1 Å². The summed E-state index contributed by atoms with van der Waals surface area (Å²) in [6.07, 6.45) is 1.62. The largest absolute Gasteiger partial charge is 0.494 e. The van der Waals surface area contributed by atoms with Crippen LogP contribution >= 0.6 is 11.8 Å². The summed E-state index contributed by atoms with van der Waals surface area (Å²) in [6, 6.07) is 15.7. The molecular weight excluding hydrogens is 320 g/mol. The Morgan fingerprint density at radius 3 is 2.50 bits per heavy atom. The molecule has 0 saturated carbocycles. The zero-order chi connectivity index (χ0) is 17.4. The van der Waals surface area contributed by atoms with E-state index in [4.69, 9.17) is 4.74 Å². The number of hydrogen-bond acceptors (Lipinski definition) is 4. The van der Waals surface area contributed by atoms with E-state index in [0.717, 1.165) is 16.2 Å². The molecule has 0 aromatic heterocycles. The second kappa shape index (κ2) is 9.13. The normalized spacial score (nSPS) is 12.1. The Kier molecular flexibility index (Phi) is 6.88. The van der Waals surface area contributed by atoms with Crippen molar-refractivity contribution >= 4 is 23.9 Å². The van der Waals surface area contributed by atoms with Gasteiger partial charge < -0.3 is 4.74 Å². The lowest BCUT2D eigenvalue weighted by Crippen LogP contribution is -2.26. The number of rotatable bonds is 7. The van der Waals surface area contributed by atoms with E-state index in [1.54, 1.807) is 6.21 Å². The average molecular weight is 342 g/mol. The third kappa shape index (κ3) is 5.74. The molecule has 0 radical (unpaired) electrons. The van der Waals surface area contributed by atoms with Crippen LogP contribution in [0, 0.1) is 6.92 Å². The molecule has 1 N–H and O–H groups in total. The molecule has 0 spiro atoms. The fourth-order valence-electron chi connectivity index (χ4n) is 1.95. The Labute approximate surface area is 147 Å². The minimum atomic E-state index is -0.217. The second-order valence-corrected chi connectivity index (χ2v) is 6.72. The number of amides is 1. The van der Waals surface area contributed by atoms with Crippen molar-refractivity contribution in [2.75, 3.05) is 6.61 Å². The van der Waals surface area contributed by atoms with Crippen LogP contribution in [0.3, 0.4) is 0 Å². The highest BCUT2D eigenvalue weighted by Crippen LogP contribution is 2.23. The molecule has 1 atom stereocenters. The first-order chi connectivity index (χ1) is 11.6. The summed E-state index contributed by atoms with van der Waals surface area (Å²) in [5.74, 6) is 0.699. The number of benzene rings is 2. The lowest BCUT2D eigenvalue weighted by molar-refractivity contribution is -0.120. The third-order valence-corrected chi connectivity index (χ3v) is 4.39. The van der Waals surface area contributed by atoms with Crippen LogP contribution in [-0.4, -0.2) is 24.0 Å². The molecule has 0 fully saturated rings. The molecule has 1 amide bonds. The lowest BCUT2D eigenvalue weighted by Gasteiger charge is -2.09.